The topological polar surface area (TPSA) is 55.0 Å². The predicted octanol–water partition coefficient (Wildman–Crippen LogP) is 2.14. The van der Waals surface area contributed by atoms with E-state index in [-0.39, 0.29) is 0 Å². The molecule has 16 heavy (non-hydrogen) atoms. The molecule has 2 aromatic heterocycles. The first kappa shape index (κ1) is 10.4. The first-order valence-corrected chi connectivity index (χ1v) is 5.04. The molecule has 0 aliphatic heterocycles. The minimum absolute atomic E-state index is 0.711. The highest BCUT2D eigenvalue weighted by molar-refractivity contribution is 5.61. The van der Waals surface area contributed by atoms with Crippen molar-refractivity contribution in [1.29, 1.82) is 0 Å². The Labute approximate surface area is 94.8 Å². The van der Waals surface area contributed by atoms with Crippen LogP contribution in [0.2, 0.25) is 0 Å². The van der Waals surface area contributed by atoms with E-state index in [0.717, 1.165) is 17.1 Å². The molecule has 0 aliphatic rings. The highest BCUT2D eigenvalue weighted by Crippen LogP contribution is 2.22. The molecule has 4 heteroatoms. The zero-order chi connectivity index (χ0) is 11.5. The fourth-order valence-electron chi connectivity index (χ4n) is 1.42. The largest absolute Gasteiger partial charge is 0.397 e. The highest BCUT2D eigenvalue weighted by atomic mass is 15.2. The molecule has 2 heterocycles. The van der Waals surface area contributed by atoms with E-state index in [4.69, 9.17) is 5.73 Å². The zero-order valence-corrected chi connectivity index (χ0v) is 9.38. The van der Waals surface area contributed by atoms with E-state index >= 15 is 0 Å². The summed E-state index contributed by atoms with van der Waals surface area (Å²) in [6, 6.07) is 5.85. The number of nitrogens with two attached hydrogens (primary N) is 1. The lowest BCUT2D eigenvalue weighted by Crippen LogP contribution is -2.11. The van der Waals surface area contributed by atoms with Crippen LogP contribution in [0.4, 0.5) is 17.2 Å². The second kappa shape index (κ2) is 4.18. The molecule has 0 radical (unpaired) electrons. The van der Waals surface area contributed by atoms with E-state index in [1.807, 2.05) is 37.1 Å². The van der Waals surface area contributed by atoms with Gasteiger partial charge in [-0.1, -0.05) is 0 Å². The first-order chi connectivity index (χ1) is 7.68. The summed E-state index contributed by atoms with van der Waals surface area (Å²) in [5, 5.41) is 0. The molecule has 82 valence electrons. The molecule has 0 amide bonds. The van der Waals surface area contributed by atoms with Crippen LogP contribution in [0.5, 0.6) is 0 Å². The Morgan fingerprint density at radius 2 is 2.12 bits per heavy atom. The third kappa shape index (κ3) is 1.95. The van der Waals surface area contributed by atoms with Gasteiger partial charge < -0.3 is 10.6 Å². The Morgan fingerprint density at radius 1 is 1.31 bits per heavy atom. The van der Waals surface area contributed by atoms with Crippen molar-refractivity contribution in [2.45, 2.75) is 6.92 Å². The van der Waals surface area contributed by atoms with E-state index < -0.39 is 0 Å². The minimum atomic E-state index is 0.711. The number of hydrogen-bond acceptors (Lipinski definition) is 4. The van der Waals surface area contributed by atoms with Gasteiger partial charge in [0.25, 0.3) is 0 Å². The van der Waals surface area contributed by atoms with Gasteiger partial charge in [0.2, 0.25) is 0 Å². The van der Waals surface area contributed by atoms with Crippen LogP contribution in [0.3, 0.4) is 0 Å². The summed E-state index contributed by atoms with van der Waals surface area (Å²) in [6.07, 6.45) is 5.23. The monoisotopic (exact) mass is 214 g/mol. The molecular weight excluding hydrogens is 200 g/mol. The molecule has 0 aliphatic carbocycles. The lowest BCUT2D eigenvalue weighted by Gasteiger charge is -2.18. The SMILES string of the molecule is Cc1cc(N(C)c2cccnc2)ncc1N. The van der Waals surface area contributed by atoms with Crippen LogP contribution in [-0.4, -0.2) is 17.0 Å². The molecule has 2 aromatic rings. The van der Waals surface area contributed by atoms with E-state index in [1.165, 1.54) is 0 Å². The van der Waals surface area contributed by atoms with Gasteiger partial charge in [-0.3, -0.25) is 4.98 Å². The number of aryl methyl sites for hydroxylation is 1. The summed E-state index contributed by atoms with van der Waals surface area (Å²) < 4.78 is 0. The summed E-state index contributed by atoms with van der Waals surface area (Å²) in [5.74, 6) is 0.861. The second-order valence-electron chi connectivity index (χ2n) is 3.67. The molecule has 0 fully saturated rings. The average molecular weight is 214 g/mol. The van der Waals surface area contributed by atoms with Gasteiger partial charge in [0, 0.05) is 13.2 Å². The van der Waals surface area contributed by atoms with Gasteiger partial charge in [-0.2, -0.15) is 0 Å². The quantitative estimate of drug-likeness (QED) is 0.832. The maximum Gasteiger partial charge on any atom is 0.133 e. The Bertz CT molecular complexity index is 482. The van der Waals surface area contributed by atoms with E-state index in [9.17, 15) is 0 Å². The number of aromatic nitrogens is 2. The normalized spacial score (nSPS) is 10.1. The molecule has 0 spiro atoms. The second-order valence-corrected chi connectivity index (χ2v) is 3.67. The van der Waals surface area contributed by atoms with Crippen LogP contribution < -0.4 is 10.6 Å². The van der Waals surface area contributed by atoms with Crippen LogP contribution in [0.1, 0.15) is 5.56 Å². The van der Waals surface area contributed by atoms with E-state index in [1.54, 1.807) is 18.6 Å². The van der Waals surface area contributed by atoms with Crippen LogP contribution in [-0.2, 0) is 0 Å². The number of pyridine rings is 2. The number of nitrogens with zero attached hydrogens (tertiary/aromatic N) is 3. The van der Waals surface area contributed by atoms with Crippen molar-refractivity contribution >= 4 is 17.2 Å². The van der Waals surface area contributed by atoms with Crippen molar-refractivity contribution in [1.82, 2.24) is 9.97 Å². The zero-order valence-electron chi connectivity index (χ0n) is 9.38. The Hall–Kier alpha value is -2.10. The third-order valence-electron chi connectivity index (χ3n) is 2.51. The maximum atomic E-state index is 5.73. The molecule has 2 N–H and O–H groups in total. The summed E-state index contributed by atoms with van der Waals surface area (Å²) in [6.45, 7) is 1.97. The standard InChI is InChI=1S/C12H14N4/c1-9-6-12(15-8-11(9)13)16(2)10-4-3-5-14-7-10/h3-8H,13H2,1-2H3. The van der Waals surface area contributed by atoms with Crippen LogP contribution in [0.15, 0.2) is 36.8 Å². The fraction of sp³-hybridized carbons (Fsp3) is 0.167. The summed E-state index contributed by atoms with van der Waals surface area (Å²) in [5.41, 5.74) is 8.47. The summed E-state index contributed by atoms with van der Waals surface area (Å²) in [4.78, 5) is 10.3. The van der Waals surface area contributed by atoms with Gasteiger partial charge in [0.1, 0.15) is 5.82 Å². The lowest BCUT2D eigenvalue weighted by atomic mass is 10.2. The number of nitrogen functional groups attached to an aromatic ring is 1. The van der Waals surface area contributed by atoms with Crippen molar-refractivity contribution in [2.24, 2.45) is 0 Å². The van der Waals surface area contributed by atoms with E-state index in [2.05, 4.69) is 9.97 Å². The molecule has 0 aromatic carbocycles. The van der Waals surface area contributed by atoms with Gasteiger partial charge >= 0.3 is 0 Å². The van der Waals surface area contributed by atoms with Gasteiger partial charge in [0.15, 0.2) is 0 Å². The van der Waals surface area contributed by atoms with Crippen molar-refractivity contribution < 1.29 is 0 Å². The highest BCUT2D eigenvalue weighted by Gasteiger charge is 2.06. The van der Waals surface area contributed by atoms with Gasteiger partial charge in [-0.05, 0) is 30.7 Å². The molecule has 2 rings (SSSR count). The lowest BCUT2D eigenvalue weighted by molar-refractivity contribution is 1.11. The van der Waals surface area contributed by atoms with Crippen LogP contribution in [0.25, 0.3) is 0 Å². The van der Waals surface area contributed by atoms with Gasteiger partial charge in [-0.15, -0.1) is 0 Å². The molecule has 0 unspecified atom stereocenters. The van der Waals surface area contributed by atoms with Gasteiger partial charge in [-0.25, -0.2) is 4.98 Å². The molecule has 0 atom stereocenters. The van der Waals surface area contributed by atoms with Crippen molar-refractivity contribution in [3.05, 3.63) is 42.4 Å². The Kier molecular flexibility index (Phi) is 2.72. The van der Waals surface area contributed by atoms with Crippen molar-refractivity contribution in [3.8, 4) is 0 Å². The first-order valence-electron chi connectivity index (χ1n) is 5.04. The number of rotatable bonds is 2. The van der Waals surface area contributed by atoms with Crippen LogP contribution >= 0.6 is 0 Å². The van der Waals surface area contributed by atoms with E-state index in [0.29, 0.717) is 5.69 Å². The molecular formula is C12H14N4. The van der Waals surface area contributed by atoms with Gasteiger partial charge in [0.05, 0.1) is 23.8 Å². The number of anilines is 3. The Balaban J connectivity index is 2.34. The molecule has 0 saturated carbocycles. The smallest absolute Gasteiger partial charge is 0.133 e. The predicted molar refractivity (Wildman–Crippen MR) is 65.7 cm³/mol. The minimum Gasteiger partial charge on any atom is -0.397 e. The fourth-order valence-corrected chi connectivity index (χ4v) is 1.42. The number of hydrogen-bond donors (Lipinski definition) is 1. The molecule has 0 saturated heterocycles. The van der Waals surface area contributed by atoms with Crippen molar-refractivity contribution in [2.75, 3.05) is 17.7 Å². The third-order valence-corrected chi connectivity index (χ3v) is 2.51. The Morgan fingerprint density at radius 3 is 2.75 bits per heavy atom. The molecule has 0 bridgehead atoms. The maximum absolute atomic E-state index is 5.73. The average Bonchev–Trinajstić information content (AvgIpc) is 2.33. The molecule has 4 nitrogen and oxygen atoms in total. The van der Waals surface area contributed by atoms with Crippen LogP contribution in [0, 0.1) is 6.92 Å². The van der Waals surface area contributed by atoms with Crippen molar-refractivity contribution in [3.63, 3.8) is 0 Å². The summed E-state index contributed by atoms with van der Waals surface area (Å²) in [7, 11) is 1.95. The summed E-state index contributed by atoms with van der Waals surface area (Å²) >= 11 is 0.